The highest BCUT2D eigenvalue weighted by Crippen LogP contribution is 2.42. The summed E-state index contributed by atoms with van der Waals surface area (Å²) in [7, 11) is 0. The highest BCUT2D eigenvalue weighted by atomic mass is 35.5. The molecule has 0 aliphatic carbocycles. The fraction of sp³-hybridized carbons (Fsp3) is 0.0385. The van der Waals surface area contributed by atoms with E-state index in [1.165, 1.54) is 59.5 Å². The summed E-state index contributed by atoms with van der Waals surface area (Å²) in [5.41, 5.74) is 1.35. The quantitative estimate of drug-likeness (QED) is 0.374. The van der Waals surface area contributed by atoms with E-state index < -0.39 is 29.3 Å². The van der Waals surface area contributed by atoms with Gasteiger partial charge < -0.3 is 9.52 Å². The number of halogens is 2. The SMILES string of the molecule is N#Cc1ccc(N2C(=O)C(O)=C(C(=O)c3cc4cc(Cl)ccc4o3)C2c2ccc(F)cc2)cc1. The number of aliphatic hydroxyl groups excluding tert-OH is 1. The van der Waals surface area contributed by atoms with Gasteiger partial charge in [0.15, 0.2) is 11.5 Å². The topological polar surface area (TPSA) is 94.5 Å². The predicted molar refractivity (Wildman–Crippen MR) is 123 cm³/mol. The van der Waals surface area contributed by atoms with Gasteiger partial charge in [0, 0.05) is 16.1 Å². The number of anilines is 1. The van der Waals surface area contributed by atoms with Gasteiger partial charge in [0.05, 0.1) is 23.2 Å². The number of nitriles is 1. The molecule has 1 unspecified atom stereocenters. The third-order valence-electron chi connectivity index (χ3n) is 5.62. The number of amides is 1. The molecular weight excluding hydrogens is 459 g/mol. The Hall–Kier alpha value is -4.41. The van der Waals surface area contributed by atoms with Crippen LogP contribution in [-0.2, 0) is 4.79 Å². The fourth-order valence-electron chi connectivity index (χ4n) is 4.02. The highest BCUT2D eigenvalue weighted by molar-refractivity contribution is 6.31. The van der Waals surface area contributed by atoms with Crippen LogP contribution in [0.3, 0.4) is 0 Å². The van der Waals surface area contributed by atoms with E-state index in [-0.39, 0.29) is 11.3 Å². The second-order valence-corrected chi connectivity index (χ2v) is 8.11. The Labute approximate surface area is 197 Å². The number of hydrogen-bond donors (Lipinski definition) is 1. The van der Waals surface area contributed by atoms with E-state index in [0.717, 1.165) is 0 Å². The van der Waals surface area contributed by atoms with Crippen LogP contribution >= 0.6 is 11.6 Å². The van der Waals surface area contributed by atoms with Crippen LogP contribution in [0.4, 0.5) is 10.1 Å². The number of fused-ring (bicyclic) bond motifs is 1. The Bertz CT molecular complexity index is 1530. The molecule has 1 aliphatic rings. The van der Waals surface area contributed by atoms with Crippen LogP contribution in [0.2, 0.25) is 5.02 Å². The number of hydrogen-bond acceptors (Lipinski definition) is 5. The monoisotopic (exact) mass is 472 g/mol. The first-order chi connectivity index (χ1) is 16.4. The lowest BCUT2D eigenvalue weighted by Gasteiger charge is -2.26. The average molecular weight is 473 g/mol. The number of rotatable bonds is 4. The zero-order valence-electron chi connectivity index (χ0n) is 17.3. The lowest BCUT2D eigenvalue weighted by Crippen LogP contribution is -2.31. The Morgan fingerprint density at radius 3 is 2.44 bits per heavy atom. The number of carbonyl (C=O) groups is 2. The first-order valence-electron chi connectivity index (χ1n) is 10.1. The van der Waals surface area contributed by atoms with Crippen LogP contribution in [0.15, 0.2) is 88.5 Å². The molecule has 0 saturated heterocycles. The summed E-state index contributed by atoms with van der Waals surface area (Å²) >= 11 is 6.02. The van der Waals surface area contributed by atoms with Crippen molar-refractivity contribution in [1.82, 2.24) is 0 Å². The molecule has 0 radical (unpaired) electrons. The maximum Gasteiger partial charge on any atom is 0.294 e. The largest absolute Gasteiger partial charge is 0.503 e. The van der Waals surface area contributed by atoms with Gasteiger partial charge in [-0.3, -0.25) is 14.5 Å². The number of aliphatic hydroxyl groups is 1. The van der Waals surface area contributed by atoms with Crippen LogP contribution in [0, 0.1) is 17.1 Å². The predicted octanol–water partition coefficient (Wildman–Crippen LogP) is 5.88. The molecule has 0 fully saturated rings. The first-order valence-corrected chi connectivity index (χ1v) is 10.5. The third-order valence-corrected chi connectivity index (χ3v) is 5.85. The summed E-state index contributed by atoms with van der Waals surface area (Å²) in [6.07, 6.45) is 0. The van der Waals surface area contributed by atoms with Crippen molar-refractivity contribution in [1.29, 1.82) is 5.26 Å². The molecule has 1 aromatic heterocycles. The van der Waals surface area contributed by atoms with Crippen LogP contribution in [0.25, 0.3) is 11.0 Å². The molecule has 0 saturated carbocycles. The fourth-order valence-corrected chi connectivity index (χ4v) is 4.20. The average Bonchev–Trinajstić information content (AvgIpc) is 3.38. The second-order valence-electron chi connectivity index (χ2n) is 7.67. The maximum absolute atomic E-state index is 13.6. The van der Waals surface area contributed by atoms with E-state index in [9.17, 15) is 19.1 Å². The van der Waals surface area contributed by atoms with Crippen molar-refractivity contribution < 1.29 is 23.5 Å². The van der Waals surface area contributed by atoms with Gasteiger partial charge in [0.25, 0.3) is 5.91 Å². The molecule has 1 atom stereocenters. The van der Waals surface area contributed by atoms with E-state index >= 15 is 0 Å². The van der Waals surface area contributed by atoms with Gasteiger partial charge in [-0.1, -0.05) is 23.7 Å². The molecule has 6 nitrogen and oxygen atoms in total. The smallest absolute Gasteiger partial charge is 0.294 e. The van der Waals surface area contributed by atoms with Crippen LogP contribution < -0.4 is 4.90 Å². The number of nitrogens with zero attached hydrogens (tertiary/aromatic N) is 2. The Balaban J connectivity index is 1.65. The van der Waals surface area contributed by atoms with Crippen molar-refractivity contribution >= 4 is 39.9 Å². The number of furan rings is 1. The molecule has 34 heavy (non-hydrogen) atoms. The molecule has 1 amide bonds. The molecule has 4 aromatic rings. The summed E-state index contributed by atoms with van der Waals surface area (Å²) in [4.78, 5) is 27.9. The molecule has 8 heteroatoms. The number of carbonyl (C=O) groups excluding carboxylic acids is 2. The summed E-state index contributed by atoms with van der Waals surface area (Å²) < 4.78 is 19.3. The zero-order valence-corrected chi connectivity index (χ0v) is 18.1. The first kappa shape index (κ1) is 21.4. The van der Waals surface area contributed by atoms with Gasteiger partial charge in [0.2, 0.25) is 5.78 Å². The molecule has 3 aromatic carbocycles. The van der Waals surface area contributed by atoms with Gasteiger partial charge in [-0.2, -0.15) is 5.26 Å². The lowest BCUT2D eigenvalue weighted by molar-refractivity contribution is -0.117. The Morgan fingerprint density at radius 1 is 1.06 bits per heavy atom. The summed E-state index contributed by atoms with van der Waals surface area (Å²) in [5.74, 6) is -2.80. The van der Waals surface area contributed by atoms with Gasteiger partial charge in [-0.05, 0) is 66.2 Å². The number of Topliss-reactive ketones (excluding diaryl/α,β-unsaturated/α-hetero) is 1. The van der Waals surface area contributed by atoms with Crippen molar-refractivity contribution in [3.05, 3.63) is 112 Å². The van der Waals surface area contributed by atoms with Crippen LogP contribution in [0.1, 0.15) is 27.7 Å². The van der Waals surface area contributed by atoms with Crippen LogP contribution in [0.5, 0.6) is 0 Å². The van der Waals surface area contributed by atoms with E-state index in [4.69, 9.17) is 21.3 Å². The molecule has 1 aliphatic heterocycles. The minimum absolute atomic E-state index is 0.0830. The summed E-state index contributed by atoms with van der Waals surface area (Å²) in [6, 6.07) is 18.7. The number of ketones is 1. The molecule has 0 bridgehead atoms. The third kappa shape index (κ3) is 3.51. The molecule has 2 heterocycles. The Morgan fingerprint density at radius 2 is 1.76 bits per heavy atom. The van der Waals surface area contributed by atoms with Crippen molar-refractivity contribution in [3.63, 3.8) is 0 Å². The van der Waals surface area contributed by atoms with E-state index in [1.807, 2.05) is 6.07 Å². The summed E-state index contributed by atoms with van der Waals surface area (Å²) in [5, 5.41) is 20.9. The lowest BCUT2D eigenvalue weighted by atomic mass is 9.94. The minimum atomic E-state index is -1.05. The van der Waals surface area contributed by atoms with Crippen LogP contribution in [-0.4, -0.2) is 16.8 Å². The van der Waals surface area contributed by atoms with E-state index in [2.05, 4.69) is 0 Å². The van der Waals surface area contributed by atoms with Gasteiger partial charge >= 0.3 is 0 Å². The normalized spacial score (nSPS) is 15.7. The van der Waals surface area contributed by atoms with Gasteiger partial charge in [-0.15, -0.1) is 0 Å². The molecular formula is C26H14ClFN2O4. The summed E-state index contributed by atoms with van der Waals surface area (Å²) in [6.45, 7) is 0. The van der Waals surface area contributed by atoms with E-state index in [1.54, 1.807) is 18.2 Å². The van der Waals surface area contributed by atoms with Crippen molar-refractivity contribution in [2.24, 2.45) is 0 Å². The molecule has 0 spiro atoms. The highest BCUT2D eigenvalue weighted by Gasteiger charge is 2.45. The zero-order chi connectivity index (χ0) is 24.0. The Kier molecular flexibility index (Phi) is 5.16. The molecule has 166 valence electrons. The van der Waals surface area contributed by atoms with Crippen molar-refractivity contribution in [2.45, 2.75) is 6.04 Å². The minimum Gasteiger partial charge on any atom is -0.503 e. The van der Waals surface area contributed by atoms with Crippen molar-refractivity contribution in [3.8, 4) is 6.07 Å². The van der Waals surface area contributed by atoms with E-state index in [0.29, 0.717) is 32.8 Å². The standard InChI is InChI=1S/C26H14ClFN2O4/c27-17-5-10-20-16(11-17)12-21(34-20)24(31)22-23(15-3-6-18(28)7-4-15)30(26(33)25(22)32)19-8-1-14(13-29)2-9-19/h1-12,23,32H. The number of benzene rings is 3. The molecule has 5 rings (SSSR count). The maximum atomic E-state index is 13.6. The van der Waals surface area contributed by atoms with Gasteiger partial charge in [0.1, 0.15) is 11.4 Å². The van der Waals surface area contributed by atoms with Crippen molar-refractivity contribution in [2.75, 3.05) is 4.90 Å². The molecule has 1 N–H and O–H groups in total. The van der Waals surface area contributed by atoms with Gasteiger partial charge in [-0.25, -0.2) is 4.39 Å². The second kappa shape index (κ2) is 8.18.